The van der Waals surface area contributed by atoms with Gasteiger partial charge < -0.3 is 24.0 Å². The van der Waals surface area contributed by atoms with E-state index >= 15 is 0 Å². The number of fused-ring (bicyclic) bond motifs is 1. The minimum Gasteiger partial charge on any atom is -0.492 e. The fraction of sp³-hybridized carbons (Fsp3) is 0.526. The molecule has 0 bridgehead atoms. The number of carbonyl (C=O) groups is 2. The molecule has 0 saturated carbocycles. The lowest BCUT2D eigenvalue weighted by Crippen LogP contribution is -2.48. The zero-order chi connectivity index (χ0) is 36.5. The Hall–Kier alpha value is -3.71. The Bertz CT molecular complexity index is 1740. The number of hydrogen-bond donors (Lipinski definition) is 2. The molecule has 3 aromatic carbocycles. The van der Waals surface area contributed by atoms with Gasteiger partial charge in [0.15, 0.2) is 5.75 Å². The van der Waals surface area contributed by atoms with Crippen molar-refractivity contribution in [3.8, 4) is 11.5 Å². The smallest absolute Gasteiger partial charge is 0.296 e. The molecule has 0 unspecified atom stereocenters. The van der Waals surface area contributed by atoms with E-state index in [9.17, 15) is 18.0 Å². The van der Waals surface area contributed by atoms with Gasteiger partial charge in [0, 0.05) is 37.0 Å². The summed E-state index contributed by atoms with van der Waals surface area (Å²) in [6.07, 6.45) is 0.496. The van der Waals surface area contributed by atoms with Crippen molar-refractivity contribution in [3.63, 3.8) is 0 Å². The molecule has 1 heterocycles. The number of anilines is 2. The SMILES string of the molecule is CC[N+](CC)(CC)CCCS(=O)(=O)Nc1cc(C(C)(C)C)cc(NC(=O)C(=O)c2ccc(OCCN3CCOCC3)c3ccccc23)c1OC. The maximum Gasteiger partial charge on any atom is 0.296 e. The topological polar surface area (TPSA) is 123 Å². The third-order valence-electron chi connectivity index (χ3n) is 9.83. The molecule has 0 aromatic heterocycles. The van der Waals surface area contributed by atoms with Crippen molar-refractivity contribution >= 4 is 43.9 Å². The standard InChI is InChI=1S/C38H54N4O7S/c1-8-42(9-2,10-3)21-13-25-50(45,46)40-33-27-28(38(4,5)6)26-32(36(33)47-7)39-37(44)35(43)31-16-17-34(30-15-12-11-14-29(30)31)49-24-20-41-18-22-48-23-19-41/h11-12,14-17,26-27,40H,8-10,13,18-25H2,1-7H3/p+1. The van der Waals surface area contributed by atoms with Crippen LogP contribution in [0.5, 0.6) is 11.5 Å². The average Bonchev–Trinajstić information content (AvgIpc) is 3.10. The van der Waals surface area contributed by atoms with Crippen LogP contribution in [0.2, 0.25) is 0 Å². The van der Waals surface area contributed by atoms with Crippen molar-refractivity contribution in [2.75, 3.05) is 88.5 Å². The molecule has 1 amide bonds. The van der Waals surface area contributed by atoms with Crippen molar-refractivity contribution < 1.29 is 36.7 Å². The molecule has 2 N–H and O–H groups in total. The molecule has 50 heavy (non-hydrogen) atoms. The van der Waals surface area contributed by atoms with Gasteiger partial charge in [-0.1, -0.05) is 45.0 Å². The number of nitrogens with zero attached hydrogens (tertiary/aromatic N) is 2. The van der Waals surface area contributed by atoms with Gasteiger partial charge in [-0.25, -0.2) is 8.42 Å². The highest BCUT2D eigenvalue weighted by Crippen LogP contribution is 2.39. The number of Topliss-reactive ketones (excluding diaryl/α,β-unsaturated/α-hetero) is 1. The van der Waals surface area contributed by atoms with E-state index in [-0.39, 0.29) is 28.4 Å². The van der Waals surface area contributed by atoms with Gasteiger partial charge in [-0.05, 0) is 61.4 Å². The van der Waals surface area contributed by atoms with E-state index in [2.05, 4.69) is 35.7 Å². The second-order valence-corrected chi connectivity index (χ2v) is 15.7. The Labute approximate surface area is 297 Å². The van der Waals surface area contributed by atoms with Crippen LogP contribution in [-0.4, -0.2) is 108 Å². The van der Waals surface area contributed by atoms with Crippen LogP contribution < -0.4 is 19.5 Å². The largest absolute Gasteiger partial charge is 0.492 e. The van der Waals surface area contributed by atoms with Crippen molar-refractivity contribution in [1.82, 2.24) is 4.90 Å². The van der Waals surface area contributed by atoms with Gasteiger partial charge in [-0.3, -0.25) is 19.2 Å². The Kier molecular flexibility index (Phi) is 13.3. The monoisotopic (exact) mass is 711 g/mol. The average molecular weight is 712 g/mol. The number of hydrogen-bond acceptors (Lipinski definition) is 8. The lowest BCUT2D eigenvalue weighted by molar-refractivity contribution is -0.923. The zero-order valence-corrected chi connectivity index (χ0v) is 31.6. The lowest BCUT2D eigenvalue weighted by Gasteiger charge is -2.35. The summed E-state index contributed by atoms with van der Waals surface area (Å²) in [5.74, 6) is -0.919. The third-order valence-corrected chi connectivity index (χ3v) is 11.2. The second-order valence-electron chi connectivity index (χ2n) is 13.9. The summed E-state index contributed by atoms with van der Waals surface area (Å²) < 4.78 is 47.5. The Balaban J connectivity index is 1.57. The number of carbonyl (C=O) groups excluding carboxylic acids is 2. The molecule has 4 rings (SSSR count). The normalized spacial score (nSPS) is 14.4. The number of ketones is 1. The van der Waals surface area contributed by atoms with Crippen LogP contribution in [0.1, 0.15) is 63.9 Å². The fourth-order valence-electron chi connectivity index (χ4n) is 6.41. The first kappa shape index (κ1) is 39.1. The van der Waals surface area contributed by atoms with Crippen LogP contribution >= 0.6 is 0 Å². The van der Waals surface area contributed by atoms with Crippen LogP contribution in [0.15, 0.2) is 48.5 Å². The van der Waals surface area contributed by atoms with Crippen molar-refractivity contribution in [2.24, 2.45) is 0 Å². The Morgan fingerprint density at radius 2 is 1.58 bits per heavy atom. The number of morpholine rings is 1. The van der Waals surface area contributed by atoms with Gasteiger partial charge in [-0.15, -0.1) is 0 Å². The molecule has 3 aromatic rings. The number of rotatable bonds is 17. The van der Waals surface area contributed by atoms with Crippen LogP contribution in [0.4, 0.5) is 11.4 Å². The third kappa shape index (κ3) is 9.74. The minimum atomic E-state index is -3.76. The molecule has 11 nitrogen and oxygen atoms in total. The summed E-state index contributed by atoms with van der Waals surface area (Å²) in [6.45, 7) is 20.3. The van der Waals surface area contributed by atoms with E-state index in [0.29, 0.717) is 37.4 Å². The van der Waals surface area contributed by atoms with Crippen LogP contribution in [-0.2, 0) is 25.0 Å². The first-order valence-electron chi connectivity index (χ1n) is 17.6. The Morgan fingerprint density at radius 3 is 2.20 bits per heavy atom. The number of amides is 1. The number of nitrogens with one attached hydrogen (secondary N) is 2. The first-order valence-corrected chi connectivity index (χ1v) is 19.3. The molecule has 0 spiro atoms. The number of ether oxygens (including phenoxy) is 3. The van der Waals surface area contributed by atoms with Gasteiger partial charge in [0.25, 0.3) is 11.7 Å². The van der Waals surface area contributed by atoms with Gasteiger partial charge in [0.05, 0.1) is 63.6 Å². The molecule has 0 atom stereocenters. The molecule has 12 heteroatoms. The number of quaternary nitrogens is 1. The quantitative estimate of drug-likeness (QED) is 0.104. The first-order chi connectivity index (χ1) is 23.8. The van der Waals surface area contributed by atoms with Crippen LogP contribution in [0.25, 0.3) is 10.8 Å². The maximum absolute atomic E-state index is 13.7. The summed E-state index contributed by atoms with van der Waals surface area (Å²) in [4.78, 5) is 29.7. The zero-order valence-electron chi connectivity index (χ0n) is 30.8. The molecule has 1 saturated heterocycles. The van der Waals surface area contributed by atoms with E-state index in [0.717, 1.165) is 61.2 Å². The number of methoxy groups -OCH3 is 1. The summed E-state index contributed by atoms with van der Waals surface area (Å²) >= 11 is 0. The Morgan fingerprint density at radius 1 is 0.940 bits per heavy atom. The number of benzene rings is 3. The van der Waals surface area contributed by atoms with Crippen LogP contribution in [0.3, 0.4) is 0 Å². The molecule has 274 valence electrons. The molecule has 1 fully saturated rings. The lowest BCUT2D eigenvalue weighted by atomic mass is 9.86. The highest BCUT2D eigenvalue weighted by molar-refractivity contribution is 7.92. The molecular formula is C38H55N4O7S+. The van der Waals surface area contributed by atoms with Gasteiger partial charge in [0.2, 0.25) is 10.0 Å². The number of sulfonamides is 1. The summed E-state index contributed by atoms with van der Waals surface area (Å²) in [5.41, 5.74) is 0.966. The predicted molar refractivity (Wildman–Crippen MR) is 200 cm³/mol. The summed E-state index contributed by atoms with van der Waals surface area (Å²) in [7, 11) is -2.36. The summed E-state index contributed by atoms with van der Waals surface area (Å²) in [6, 6.07) is 14.1. The van der Waals surface area contributed by atoms with E-state index < -0.39 is 27.1 Å². The molecule has 1 aliphatic heterocycles. The molecule has 0 radical (unpaired) electrons. The molecular weight excluding hydrogens is 657 g/mol. The second kappa shape index (κ2) is 17.0. The van der Waals surface area contributed by atoms with Crippen LogP contribution in [0, 0.1) is 0 Å². The minimum absolute atomic E-state index is 0.0594. The van der Waals surface area contributed by atoms with E-state index in [4.69, 9.17) is 14.2 Å². The van der Waals surface area contributed by atoms with Crippen molar-refractivity contribution in [2.45, 2.75) is 53.4 Å². The highest BCUT2D eigenvalue weighted by atomic mass is 32.2. The maximum atomic E-state index is 13.7. The molecule has 1 aliphatic rings. The van der Waals surface area contributed by atoms with Gasteiger partial charge >= 0.3 is 0 Å². The van der Waals surface area contributed by atoms with E-state index in [1.807, 2.05) is 39.0 Å². The van der Waals surface area contributed by atoms with E-state index in [1.165, 1.54) is 7.11 Å². The predicted octanol–water partition coefficient (Wildman–Crippen LogP) is 5.69. The summed E-state index contributed by atoms with van der Waals surface area (Å²) in [5, 5.41) is 4.06. The van der Waals surface area contributed by atoms with Crippen molar-refractivity contribution in [1.29, 1.82) is 0 Å². The highest BCUT2D eigenvalue weighted by Gasteiger charge is 2.27. The molecule has 0 aliphatic carbocycles. The van der Waals surface area contributed by atoms with Gasteiger partial charge in [0.1, 0.15) is 12.4 Å². The fourth-order valence-corrected chi connectivity index (χ4v) is 7.51. The van der Waals surface area contributed by atoms with Crippen molar-refractivity contribution in [3.05, 3.63) is 59.7 Å². The van der Waals surface area contributed by atoms with Gasteiger partial charge in [-0.2, -0.15) is 0 Å². The van der Waals surface area contributed by atoms with E-state index in [1.54, 1.807) is 30.3 Å².